The second-order valence-corrected chi connectivity index (χ2v) is 7.77. The minimum Gasteiger partial charge on any atom is -0.324 e. The molecule has 3 aromatic rings. The molecular formula is C23H29N5O. The van der Waals surface area contributed by atoms with Crippen LogP contribution >= 0.6 is 0 Å². The van der Waals surface area contributed by atoms with Gasteiger partial charge in [0, 0.05) is 11.3 Å². The van der Waals surface area contributed by atoms with Crippen LogP contribution in [0.3, 0.4) is 0 Å². The molecular weight excluding hydrogens is 362 g/mol. The van der Waals surface area contributed by atoms with Gasteiger partial charge < -0.3 is 5.32 Å². The van der Waals surface area contributed by atoms with Crippen LogP contribution < -0.4 is 5.32 Å². The van der Waals surface area contributed by atoms with Gasteiger partial charge in [0.05, 0.1) is 0 Å². The van der Waals surface area contributed by atoms with E-state index < -0.39 is 6.04 Å². The van der Waals surface area contributed by atoms with Gasteiger partial charge >= 0.3 is 0 Å². The zero-order valence-corrected chi connectivity index (χ0v) is 17.8. The van der Waals surface area contributed by atoms with Crippen molar-refractivity contribution in [2.45, 2.75) is 58.9 Å². The molecule has 0 fully saturated rings. The molecule has 29 heavy (non-hydrogen) atoms. The molecule has 152 valence electrons. The molecule has 6 heteroatoms. The number of aromatic nitrogens is 4. The molecule has 0 saturated heterocycles. The molecule has 1 aromatic heterocycles. The van der Waals surface area contributed by atoms with Crippen molar-refractivity contribution in [1.29, 1.82) is 0 Å². The Morgan fingerprint density at radius 1 is 1.03 bits per heavy atom. The molecule has 0 radical (unpaired) electrons. The third-order valence-electron chi connectivity index (χ3n) is 5.35. The highest BCUT2D eigenvalue weighted by Gasteiger charge is 2.20. The van der Waals surface area contributed by atoms with Crippen molar-refractivity contribution in [1.82, 2.24) is 20.2 Å². The van der Waals surface area contributed by atoms with Crippen LogP contribution in [-0.4, -0.2) is 26.1 Å². The van der Waals surface area contributed by atoms with Gasteiger partial charge in [0.1, 0.15) is 6.04 Å². The second-order valence-electron chi connectivity index (χ2n) is 7.77. The number of amides is 1. The molecule has 0 unspecified atom stereocenters. The lowest BCUT2D eigenvalue weighted by atomic mass is 9.97. The summed E-state index contributed by atoms with van der Waals surface area (Å²) in [6.45, 7) is 10.4. The van der Waals surface area contributed by atoms with Gasteiger partial charge in [-0.2, -0.15) is 4.80 Å². The summed E-state index contributed by atoms with van der Waals surface area (Å²) in [5.74, 6) is 1.18. The van der Waals surface area contributed by atoms with E-state index in [1.807, 2.05) is 30.3 Å². The van der Waals surface area contributed by atoms with Crippen LogP contribution in [0.2, 0.25) is 0 Å². The third kappa shape index (κ3) is 4.70. The quantitative estimate of drug-likeness (QED) is 0.602. The van der Waals surface area contributed by atoms with Gasteiger partial charge in [-0.25, -0.2) is 0 Å². The van der Waals surface area contributed by atoms with Gasteiger partial charge in [0.2, 0.25) is 5.82 Å². The van der Waals surface area contributed by atoms with Crippen molar-refractivity contribution >= 4 is 11.6 Å². The lowest BCUT2D eigenvalue weighted by Crippen LogP contribution is -2.26. The summed E-state index contributed by atoms with van der Waals surface area (Å²) in [7, 11) is 0. The number of carbonyl (C=O) groups excluding carboxylic acids is 1. The topological polar surface area (TPSA) is 72.7 Å². The largest absolute Gasteiger partial charge is 0.324 e. The maximum Gasteiger partial charge on any atom is 0.250 e. The maximum atomic E-state index is 12.8. The number of anilines is 1. The fourth-order valence-corrected chi connectivity index (χ4v) is 3.12. The molecule has 1 N–H and O–H groups in total. The number of nitrogens with zero attached hydrogens (tertiary/aromatic N) is 4. The average Bonchev–Trinajstić information content (AvgIpc) is 3.23. The number of nitrogens with one attached hydrogen (secondary N) is 1. The Labute approximate surface area is 172 Å². The smallest absolute Gasteiger partial charge is 0.250 e. The van der Waals surface area contributed by atoms with Gasteiger partial charge in [-0.05, 0) is 47.6 Å². The predicted molar refractivity (Wildman–Crippen MR) is 116 cm³/mol. The fourth-order valence-electron chi connectivity index (χ4n) is 3.12. The molecule has 0 aliphatic heterocycles. The van der Waals surface area contributed by atoms with E-state index in [4.69, 9.17) is 0 Å². The first-order valence-electron chi connectivity index (χ1n) is 10.2. The van der Waals surface area contributed by atoms with Crippen LogP contribution in [0, 0.1) is 0 Å². The van der Waals surface area contributed by atoms with Crippen LogP contribution in [0.25, 0.3) is 11.4 Å². The van der Waals surface area contributed by atoms with Crippen molar-refractivity contribution < 1.29 is 4.79 Å². The fraction of sp³-hybridized carbons (Fsp3) is 0.391. The molecule has 2 aromatic carbocycles. The van der Waals surface area contributed by atoms with Gasteiger partial charge in [-0.1, -0.05) is 70.2 Å². The molecule has 1 heterocycles. The Morgan fingerprint density at radius 3 is 2.38 bits per heavy atom. The summed E-state index contributed by atoms with van der Waals surface area (Å²) >= 11 is 0. The van der Waals surface area contributed by atoms with Gasteiger partial charge in [-0.3, -0.25) is 4.79 Å². The Hall–Kier alpha value is -3.02. The standard InChI is InChI=1S/C23H29N5O/c1-6-16(4)20-9-7-8-10-21(20)24-23(29)17(5)28-26-22(25-27-28)19-13-11-18(12-14-19)15(2)3/h7-17H,6H2,1-5H3,(H,24,29)/t16-,17-/m1/s1. The van der Waals surface area contributed by atoms with Crippen LogP contribution in [0.4, 0.5) is 5.69 Å². The summed E-state index contributed by atoms with van der Waals surface area (Å²) in [5.41, 5.74) is 4.11. The minimum absolute atomic E-state index is 0.167. The maximum absolute atomic E-state index is 12.8. The molecule has 0 bridgehead atoms. The monoisotopic (exact) mass is 391 g/mol. The molecule has 6 nitrogen and oxygen atoms in total. The van der Waals surface area contributed by atoms with Crippen molar-refractivity contribution in [2.24, 2.45) is 0 Å². The number of carbonyl (C=O) groups is 1. The van der Waals surface area contributed by atoms with Crippen molar-refractivity contribution in [2.75, 3.05) is 5.32 Å². The Bertz CT molecular complexity index is 961. The van der Waals surface area contributed by atoms with Crippen LogP contribution in [0.15, 0.2) is 48.5 Å². The predicted octanol–water partition coefficient (Wildman–Crippen LogP) is 5.18. The first kappa shape index (κ1) is 20.7. The summed E-state index contributed by atoms with van der Waals surface area (Å²) in [5, 5.41) is 15.7. The van der Waals surface area contributed by atoms with Crippen molar-refractivity contribution in [3.63, 3.8) is 0 Å². The normalized spacial score (nSPS) is 13.3. The molecule has 1 amide bonds. The van der Waals surface area contributed by atoms with E-state index in [1.54, 1.807) is 6.92 Å². The summed E-state index contributed by atoms with van der Waals surface area (Å²) in [4.78, 5) is 14.2. The third-order valence-corrected chi connectivity index (χ3v) is 5.35. The summed E-state index contributed by atoms with van der Waals surface area (Å²) in [6, 6.07) is 15.5. The van der Waals surface area contributed by atoms with E-state index in [1.165, 1.54) is 10.4 Å². The van der Waals surface area contributed by atoms with E-state index >= 15 is 0 Å². The minimum atomic E-state index is -0.573. The number of hydrogen-bond donors (Lipinski definition) is 1. The first-order chi connectivity index (χ1) is 13.9. The lowest BCUT2D eigenvalue weighted by Gasteiger charge is -2.17. The molecule has 0 aliphatic rings. The van der Waals surface area contributed by atoms with Gasteiger partial charge in [0.25, 0.3) is 5.91 Å². The van der Waals surface area contributed by atoms with E-state index in [0.717, 1.165) is 23.2 Å². The molecule has 3 rings (SSSR count). The molecule has 0 aliphatic carbocycles. The Balaban J connectivity index is 1.74. The average molecular weight is 392 g/mol. The number of para-hydroxylation sites is 1. The number of tetrazole rings is 1. The number of hydrogen-bond acceptors (Lipinski definition) is 4. The summed E-state index contributed by atoms with van der Waals surface area (Å²) < 4.78 is 0. The molecule has 0 spiro atoms. The van der Waals surface area contributed by atoms with Crippen molar-refractivity contribution in [3.8, 4) is 11.4 Å². The highest BCUT2D eigenvalue weighted by atomic mass is 16.2. The van der Waals surface area contributed by atoms with Gasteiger partial charge in [0.15, 0.2) is 0 Å². The van der Waals surface area contributed by atoms with E-state index in [9.17, 15) is 4.79 Å². The SMILES string of the molecule is CC[C@@H](C)c1ccccc1NC(=O)[C@@H](C)n1nnc(-c2ccc(C(C)C)cc2)n1. The van der Waals surface area contributed by atoms with E-state index in [0.29, 0.717) is 17.7 Å². The second kappa shape index (κ2) is 8.99. The molecule has 0 saturated carbocycles. The van der Waals surface area contributed by atoms with Gasteiger partial charge in [-0.15, -0.1) is 10.2 Å². The Morgan fingerprint density at radius 2 is 1.72 bits per heavy atom. The Kier molecular flexibility index (Phi) is 6.42. The zero-order chi connectivity index (χ0) is 21.0. The zero-order valence-electron chi connectivity index (χ0n) is 17.8. The van der Waals surface area contributed by atoms with Crippen LogP contribution in [0.1, 0.15) is 70.0 Å². The lowest BCUT2D eigenvalue weighted by molar-refractivity contribution is -0.119. The van der Waals surface area contributed by atoms with E-state index in [2.05, 4.69) is 66.6 Å². The molecule has 2 atom stereocenters. The number of benzene rings is 2. The summed E-state index contributed by atoms with van der Waals surface area (Å²) in [6.07, 6.45) is 1.01. The van der Waals surface area contributed by atoms with Crippen LogP contribution in [-0.2, 0) is 4.79 Å². The van der Waals surface area contributed by atoms with E-state index in [-0.39, 0.29) is 5.91 Å². The first-order valence-corrected chi connectivity index (χ1v) is 10.2. The highest BCUT2D eigenvalue weighted by Crippen LogP contribution is 2.27. The van der Waals surface area contributed by atoms with Crippen LogP contribution in [0.5, 0.6) is 0 Å². The highest BCUT2D eigenvalue weighted by molar-refractivity contribution is 5.94. The van der Waals surface area contributed by atoms with Crippen molar-refractivity contribution in [3.05, 3.63) is 59.7 Å². The number of rotatable bonds is 7.